The van der Waals surface area contributed by atoms with Gasteiger partial charge in [-0.1, -0.05) is 0 Å². The van der Waals surface area contributed by atoms with E-state index < -0.39 is 31.1 Å². The first-order chi connectivity index (χ1) is 5.16. The smallest absolute Gasteiger partial charge is 0.118 e. The van der Waals surface area contributed by atoms with Crippen molar-refractivity contribution in [3.05, 3.63) is 6.61 Å². The minimum Gasteiger partial charge on any atom is -0.387 e. The van der Waals surface area contributed by atoms with Crippen LogP contribution in [-0.2, 0) is 4.74 Å². The Morgan fingerprint density at radius 3 is 2.45 bits per heavy atom. The molecule has 0 saturated carbocycles. The van der Waals surface area contributed by atoms with Crippen LogP contribution in [0, 0.1) is 6.61 Å². The summed E-state index contributed by atoms with van der Waals surface area (Å²) < 4.78 is 16.5. The fourth-order valence-electron chi connectivity index (χ4n) is 0.892. The first-order valence-electron chi connectivity index (χ1n) is 3.25. The molecule has 4 atom stereocenters. The summed E-state index contributed by atoms with van der Waals surface area (Å²) in [5.74, 6) is 0. The van der Waals surface area contributed by atoms with E-state index in [0.29, 0.717) is 0 Å². The number of halogens is 1. The van der Waals surface area contributed by atoms with Crippen LogP contribution in [0.25, 0.3) is 0 Å². The molecular formula is C6H10FO4. The van der Waals surface area contributed by atoms with E-state index in [0.717, 1.165) is 6.61 Å². The van der Waals surface area contributed by atoms with Crippen molar-refractivity contribution in [1.82, 2.24) is 0 Å². The molecule has 1 aliphatic rings. The zero-order valence-corrected chi connectivity index (χ0v) is 5.72. The topological polar surface area (TPSA) is 69.9 Å². The lowest BCUT2D eigenvalue weighted by Gasteiger charge is -2.33. The van der Waals surface area contributed by atoms with E-state index in [2.05, 4.69) is 4.74 Å². The number of rotatable bonds is 1. The molecule has 1 rings (SSSR count). The van der Waals surface area contributed by atoms with E-state index in [-0.39, 0.29) is 0 Å². The Bertz CT molecular complexity index is 130. The normalized spacial score (nSPS) is 45.8. The highest BCUT2D eigenvalue weighted by molar-refractivity contribution is 4.91. The molecule has 1 saturated heterocycles. The minimum atomic E-state index is -1.36. The molecule has 0 amide bonds. The molecule has 4 nitrogen and oxygen atoms in total. The maximum absolute atomic E-state index is 11.9. The number of hydrogen-bond donors (Lipinski definition) is 3. The Morgan fingerprint density at radius 1 is 1.27 bits per heavy atom. The van der Waals surface area contributed by atoms with Gasteiger partial charge in [-0.05, 0) is 0 Å². The average Bonchev–Trinajstić information content (AvgIpc) is 2.01. The summed E-state index contributed by atoms with van der Waals surface area (Å²) in [6.45, 7) is 0.0308. The van der Waals surface area contributed by atoms with Crippen LogP contribution in [-0.4, -0.2) is 46.4 Å². The number of alkyl halides is 1. The van der Waals surface area contributed by atoms with Gasteiger partial charge < -0.3 is 20.1 Å². The lowest BCUT2D eigenvalue weighted by atomic mass is 10.0. The fourth-order valence-corrected chi connectivity index (χ4v) is 0.892. The van der Waals surface area contributed by atoms with Crippen molar-refractivity contribution in [1.29, 1.82) is 0 Å². The first kappa shape index (κ1) is 8.86. The van der Waals surface area contributed by atoms with E-state index in [1.807, 2.05) is 0 Å². The number of ether oxygens (including phenoxy) is 1. The van der Waals surface area contributed by atoms with Crippen LogP contribution < -0.4 is 0 Å². The van der Waals surface area contributed by atoms with E-state index in [4.69, 9.17) is 15.3 Å². The van der Waals surface area contributed by atoms with Gasteiger partial charge in [0.1, 0.15) is 37.7 Å². The molecule has 1 radical (unpaired) electrons. The standard InChI is InChI=1S/C6H10FO4/c7-1-4-6(10)5(9)3(8)2-11-4/h2-6,8-10H,1H2/t3-,4+,5+,6-/m0/s1. The summed E-state index contributed by atoms with van der Waals surface area (Å²) in [4.78, 5) is 0. The van der Waals surface area contributed by atoms with Gasteiger partial charge in [0.2, 0.25) is 0 Å². The number of aliphatic hydroxyl groups excluding tert-OH is 3. The van der Waals surface area contributed by atoms with Gasteiger partial charge in [0, 0.05) is 0 Å². The van der Waals surface area contributed by atoms with Crippen LogP contribution in [0.4, 0.5) is 4.39 Å². The maximum atomic E-state index is 11.9. The summed E-state index contributed by atoms with van der Waals surface area (Å²) in [7, 11) is 0. The first-order valence-corrected chi connectivity index (χ1v) is 3.25. The summed E-state index contributed by atoms with van der Waals surface area (Å²) in [6.07, 6.45) is -5.02. The molecular weight excluding hydrogens is 155 g/mol. The van der Waals surface area contributed by atoms with Gasteiger partial charge in [-0.25, -0.2) is 4.39 Å². The van der Waals surface area contributed by atoms with Crippen molar-refractivity contribution in [2.45, 2.75) is 24.4 Å². The molecule has 0 aromatic heterocycles. The van der Waals surface area contributed by atoms with Gasteiger partial charge in [0.05, 0.1) is 0 Å². The fraction of sp³-hybridized carbons (Fsp3) is 0.833. The Balaban J connectivity index is 2.52. The van der Waals surface area contributed by atoms with E-state index in [1.165, 1.54) is 0 Å². The molecule has 5 heteroatoms. The minimum absolute atomic E-state index is 0.887. The van der Waals surface area contributed by atoms with Gasteiger partial charge in [0.25, 0.3) is 0 Å². The Morgan fingerprint density at radius 2 is 1.91 bits per heavy atom. The van der Waals surface area contributed by atoms with Crippen LogP contribution in [0.2, 0.25) is 0 Å². The predicted molar refractivity (Wildman–Crippen MR) is 33.2 cm³/mol. The highest BCUT2D eigenvalue weighted by atomic mass is 19.1. The molecule has 0 aromatic carbocycles. The predicted octanol–water partition coefficient (Wildman–Crippen LogP) is -1.40. The molecule has 65 valence electrons. The lowest BCUT2D eigenvalue weighted by Crippen LogP contribution is -2.51. The molecule has 0 aromatic rings. The van der Waals surface area contributed by atoms with Crippen LogP contribution in [0.5, 0.6) is 0 Å². The molecule has 11 heavy (non-hydrogen) atoms. The van der Waals surface area contributed by atoms with Crippen molar-refractivity contribution < 1.29 is 24.4 Å². The van der Waals surface area contributed by atoms with Crippen molar-refractivity contribution in [3.8, 4) is 0 Å². The third-order valence-electron chi connectivity index (χ3n) is 1.63. The SMILES string of the molecule is O[C@@H]1[C@H](O)[C@@H](O)[CH]O[C@@H]1CF. The molecule has 3 N–H and O–H groups in total. The Hall–Kier alpha value is -0.230. The summed E-state index contributed by atoms with van der Waals surface area (Å²) >= 11 is 0. The van der Waals surface area contributed by atoms with Crippen molar-refractivity contribution in [2.75, 3.05) is 6.67 Å². The van der Waals surface area contributed by atoms with E-state index >= 15 is 0 Å². The molecule has 0 aliphatic carbocycles. The van der Waals surface area contributed by atoms with E-state index in [1.54, 1.807) is 0 Å². The lowest BCUT2D eigenvalue weighted by molar-refractivity contribution is -0.164. The molecule has 1 aliphatic heterocycles. The zero-order valence-electron chi connectivity index (χ0n) is 5.72. The highest BCUT2D eigenvalue weighted by Gasteiger charge is 2.37. The molecule has 0 spiro atoms. The van der Waals surface area contributed by atoms with Gasteiger partial charge in [-0.2, -0.15) is 0 Å². The average molecular weight is 165 g/mol. The Kier molecular flexibility index (Phi) is 2.78. The second-order valence-electron chi connectivity index (χ2n) is 2.44. The molecule has 0 bridgehead atoms. The largest absolute Gasteiger partial charge is 0.387 e. The quantitative estimate of drug-likeness (QED) is 0.447. The zero-order chi connectivity index (χ0) is 8.43. The van der Waals surface area contributed by atoms with Crippen molar-refractivity contribution in [2.24, 2.45) is 0 Å². The van der Waals surface area contributed by atoms with Crippen LogP contribution in [0.1, 0.15) is 0 Å². The van der Waals surface area contributed by atoms with Gasteiger partial charge in [-0.3, -0.25) is 0 Å². The molecule has 0 unspecified atom stereocenters. The monoisotopic (exact) mass is 165 g/mol. The van der Waals surface area contributed by atoms with Gasteiger partial charge in [-0.15, -0.1) is 0 Å². The highest BCUT2D eigenvalue weighted by Crippen LogP contribution is 2.18. The number of aliphatic hydroxyl groups is 3. The van der Waals surface area contributed by atoms with Crippen LogP contribution >= 0.6 is 0 Å². The Labute approximate surface area is 63.2 Å². The van der Waals surface area contributed by atoms with Crippen molar-refractivity contribution >= 4 is 0 Å². The maximum Gasteiger partial charge on any atom is 0.118 e. The van der Waals surface area contributed by atoms with Gasteiger partial charge in [0.15, 0.2) is 0 Å². The second kappa shape index (κ2) is 3.44. The summed E-state index contributed by atoms with van der Waals surface area (Å²) in [5, 5.41) is 26.8. The van der Waals surface area contributed by atoms with Crippen molar-refractivity contribution in [3.63, 3.8) is 0 Å². The third-order valence-corrected chi connectivity index (χ3v) is 1.63. The molecule has 1 fully saturated rings. The van der Waals surface area contributed by atoms with Crippen LogP contribution in [0.3, 0.4) is 0 Å². The van der Waals surface area contributed by atoms with Crippen LogP contribution in [0.15, 0.2) is 0 Å². The van der Waals surface area contributed by atoms with E-state index in [9.17, 15) is 4.39 Å². The third kappa shape index (κ3) is 1.67. The second-order valence-corrected chi connectivity index (χ2v) is 2.44. The molecule has 1 heterocycles. The number of hydrogen-bond acceptors (Lipinski definition) is 4. The summed E-state index contributed by atoms with van der Waals surface area (Å²) in [6, 6.07) is 0. The summed E-state index contributed by atoms with van der Waals surface area (Å²) in [5.41, 5.74) is 0. The van der Waals surface area contributed by atoms with Gasteiger partial charge >= 0.3 is 0 Å².